The molecular weight excluding hydrogens is 412 g/mol. The molecule has 0 unspecified atom stereocenters. The van der Waals surface area contributed by atoms with Crippen molar-refractivity contribution in [1.82, 2.24) is 4.31 Å². The van der Waals surface area contributed by atoms with Crippen LogP contribution in [0.15, 0.2) is 35.2 Å². The van der Waals surface area contributed by atoms with Crippen molar-refractivity contribution in [1.29, 1.82) is 0 Å². The van der Waals surface area contributed by atoms with E-state index in [0.717, 1.165) is 19.3 Å². The summed E-state index contributed by atoms with van der Waals surface area (Å²) in [7, 11) is -3.62. The Kier molecular flexibility index (Phi) is 6.71. The molecular formula is C20H24N2O5S2. The Morgan fingerprint density at radius 3 is 2.62 bits per heavy atom. The summed E-state index contributed by atoms with van der Waals surface area (Å²) < 4.78 is 31.7. The maximum atomic E-state index is 12.6. The normalized spacial score (nSPS) is 13.3. The van der Waals surface area contributed by atoms with Gasteiger partial charge in [0.2, 0.25) is 10.0 Å². The number of sulfonamides is 1. The first-order chi connectivity index (χ1) is 13.8. The molecule has 0 fully saturated rings. The number of amides is 1. The lowest BCUT2D eigenvalue weighted by Crippen LogP contribution is -2.30. The van der Waals surface area contributed by atoms with E-state index < -0.39 is 28.5 Å². The molecule has 9 heteroatoms. The number of anilines is 1. The molecule has 1 aromatic heterocycles. The Labute approximate surface area is 174 Å². The van der Waals surface area contributed by atoms with Gasteiger partial charge in [0.05, 0.1) is 4.90 Å². The molecule has 0 bridgehead atoms. The molecule has 2 aromatic rings. The van der Waals surface area contributed by atoms with Gasteiger partial charge in [-0.15, -0.1) is 11.3 Å². The fraction of sp³-hybridized carbons (Fsp3) is 0.400. The minimum atomic E-state index is -3.62. The average Bonchev–Trinajstić information content (AvgIpc) is 3.29. The minimum Gasteiger partial charge on any atom is -0.451 e. The van der Waals surface area contributed by atoms with Crippen LogP contribution in [0.4, 0.5) is 5.69 Å². The van der Waals surface area contributed by atoms with E-state index in [4.69, 9.17) is 4.74 Å². The van der Waals surface area contributed by atoms with Gasteiger partial charge in [0.25, 0.3) is 5.91 Å². The van der Waals surface area contributed by atoms with Crippen molar-refractivity contribution in [2.24, 2.45) is 0 Å². The second-order valence-electron chi connectivity index (χ2n) is 6.65. The van der Waals surface area contributed by atoms with E-state index in [-0.39, 0.29) is 4.90 Å². The molecule has 1 amide bonds. The second kappa shape index (κ2) is 9.06. The number of thiophene rings is 1. The smallest absolute Gasteiger partial charge is 0.348 e. The lowest BCUT2D eigenvalue weighted by atomic mass is 10.2. The molecule has 0 spiro atoms. The van der Waals surface area contributed by atoms with Crippen molar-refractivity contribution in [2.75, 3.05) is 25.0 Å². The molecule has 0 saturated carbocycles. The third-order valence-electron chi connectivity index (χ3n) is 4.74. The number of carbonyl (C=O) groups excluding carboxylic acids is 2. The number of hydrogen-bond donors (Lipinski definition) is 1. The quantitative estimate of drug-likeness (QED) is 0.642. The van der Waals surface area contributed by atoms with E-state index in [0.29, 0.717) is 23.7 Å². The Balaban J connectivity index is 1.60. The van der Waals surface area contributed by atoms with Gasteiger partial charge in [-0.05, 0) is 49.1 Å². The van der Waals surface area contributed by atoms with Crippen LogP contribution in [0.3, 0.4) is 0 Å². The monoisotopic (exact) mass is 436 g/mol. The third-order valence-corrected chi connectivity index (χ3v) is 8.01. The van der Waals surface area contributed by atoms with Gasteiger partial charge < -0.3 is 10.1 Å². The number of nitrogens with one attached hydrogen (secondary N) is 1. The molecule has 29 heavy (non-hydrogen) atoms. The molecule has 7 nitrogen and oxygen atoms in total. The highest BCUT2D eigenvalue weighted by Gasteiger charge is 2.22. The molecule has 1 aliphatic carbocycles. The first-order valence-electron chi connectivity index (χ1n) is 9.54. The molecule has 3 rings (SSSR count). The number of carbonyl (C=O) groups is 2. The minimum absolute atomic E-state index is 0.101. The van der Waals surface area contributed by atoms with Gasteiger partial charge in [0.15, 0.2) is 6.61 Å². The van der Waals surface area contributed by atoms with Crippen LogP contribution in [-0.2, 0) is 32.4 Å². The molecule has 1 N–H and O–H groups in total. The van der Waals surface area contributed by atoms with Gasteiger partial charge >= 0.3 is 5.97 Å². The number of benzene rings is 1. The van der Waals surface area contributed by atoms with Gasteiger partial charge in [-0.1, -0.05) is 19.9 Å². The van der Waals surface area contributed by atoms with Crippen molar-refractivity contribution in [3.63, 3.8) is 0 Å². The summed E-state index contributed by atoms with van der Waals surface area (Å²) in [5.41, 5.74) is 1.52. The summed E-state index contributed by atoms with van der Waals surface area (Å²) in [5.74, 6) is -1.04. The maximum Gasteiger partial charge on any atom is 0.348 e. The lowest BCUT2D eigenvalue weighted by molar-refractivity contribution is -0.119. The molecule has 0 radical (unpaired) electrons. The Morgan fingerprint density at radius 2 is 1.93 bits per heavy atom. The standard InChI is InChI=1S/C20H24N2O5S2/c1-3-22(4-2)29(25,26)16-9-6-8-15(12-16)21-19(23)13-27-20(24)18-11-14-7-5-10-17(14)28-18/h6,8-9,11-12H,3-5,7,10,13H2,1-2H3,(H,21,23). The molecule has 0 saturated heterocycles. The molecule has 1 aromatic carbocycles. The van der Waals surface area contributed by atoms with E-state index in [1.54, 1.807) is 26.0 Å². The fourth-order valence-corrected chi connectivity index (χ4v) is 5.93. The van der Waals surface area contributed by atoms with Crippen LogP contribution >= 0.6 is 11.3 Å². The number of hydrogen-bond acceptors (Lipinski definition) is 6. The summed E-state index contributed by atoms with van der Waals surface area (Å²) in [6, 6.07) is 7.88. The van der Waals surface area contributed by atoms with Crippen LogP contribution in [0.2, 0.25) is 0 Å². The third kappa shape index (κ3) is 4.85. The van der Waals surface area contributed by atoms with E-state index in [2.05, 4.69) is 5.32 Å². The SMILES string of the molecule is CCN(CC)S(=O)(=O)c1cccc(NC(=O)COC(=O)c2cc3c(s2)CCC3)c1. The zero-order chi connectivity index (χ0) is 21.0. The van der Waals surface area contributed by atoms with Crippen LogP contribution in [0.25, 0.3) is 0 Å². The summed E-state index contributed by atoms with van der Waals surface area (Å²) in [5, 5.41) is 2.58. The second-order valence-corrected chi connectivity index (χ2v) is 9.73. The molecule has 1 aliphatic rings. The highest BCUT2D eigenvalue weighted by molar-refractivity contribution is 7.89. The number of rotatable bonds is 8. The number of esters is 1. The molecule has 1 heterocycles. The highest BCUT2D eigenvalue weighted by atomic mass is 32.2. The number of aryl methyl sites for hydroxylation is 2. The van der Waals surface area contributed by atoms with E-state index in [1.165, 1.54) is 38.2 Å². The first kappa shape index (κ1) is 21.5. The average molecular weight is 437 g/mol. The fourth-order valence-electron chi connectivity index (χ4n) is 3.28. The van der Waals surface area contributed by atoms with E-state index in [1.807, 2.05) is 6.07 Å². The van der Waals surface area contributed by atoms with Crippen molar-refractivity contribution in [3.8, 4) is 0 Å². The summed E-state index contributed by atoms with van der Waals surface area (Å²) >= 11 is 1.42. The topological polar surface area (TPSA) is 92.8 Å². The van der Waals surface area contributed by atoms with E-state index >= 15 is 0 Å². The van der Waals surface area contributed by atoms with Gasteiger partial charge in [-0.3, -0.25) is 4.79 Å². The summed E-state index contributed by atoms with van der Waals surface area (Å²) in [6.45, 7) is 3.82. The first-order valence-corrected chi connectivity index (χ1v) is 11.8. The van der Waals surface area contributed by atoms with Crippen molar-refractivity contribution < 1.29 is 22.7 Å². The Morgan fingerprint density at radius 1 is 1.17 bits per heavy atom. The highest BCUT2D eigenvalue weighted by Crippen LogP contribution is 2.30. The van der Waals surface area contributed by atoms with Gasteiger partial charge in [0, 0.05) is 23.7 Å². The Bertz CT molecular complexity index is 988. The number of fused-ring (bicyclic) bond motifs is 1. The summed E-state index contributed by atoms with van der Waals surface area (Å²) in [6.07, 6.45) is 3.08. The molecule has 156 valence electrons. The Hall–Kier alpha value is -2.23. The summed E-state index contributed by atoms with van der Waals surface area (Å²) in [4.78, 5) is 26.1. The zero-order valence-electron chi connectivity index (χ0n) is 16.4. The number of nitrogens with zero attached hydrogens (tertiary/aromatic N) is 1. The van der Waals surface area contributed by atoms with Crippen molar-refractivity contribution in [3.05, 3.63) is 45.6 Å². The van der Waals surface area contributed by atoms with Gasteiger partial charge in [-0.25, -0.2) is 13.2 Å². The van der Waals surface area contributed by atoms with Gasteiger partial charge in [0.1, 0.15) is 4.88 Å². The van der Waals surface area contributed by atoms with E-state index in [9.17, 15) is 18.0 Å². The van der Waals surface area contributed by atoms with Crippen LogP contribution in [-0.4, -0.2) is 44.3 Å². The van der Waals surface area contributed by atoms with Crippen LogP contribution in [0, 0.1) is 0 Å². The van der Waals surface area contributed by atoms with Crippen LogP contribution < -0.4 is 5.32 Å². The van der Waals surface area contributed by atoms with Crippen LogP contribution in [0.1, 0.15) is 40.4 Å². The maximum absolute atomic E-state index is 12.6. The molecule has 0 atom stereocenters. The largest absolute Gasteiger partial charge is 0.451 e. The predicted octanol–water partition coefficient (Wildman–Crippen LogP) is 3.06. The van der Waals surface area contributed by atoms with Crippen LogP contribution in [0.5, 0.6) is 0 Å². The zero-order valence-corrected chi connectivity index (χ0v) is 18.1. The molecule has 0 aliphatic heterocycles. The van der Waals surface area contributed by atoms with Gasteiger partial charge in [-0.2, -0.15) is 4.31 Å². The predicted molar refractivity (Wildman–Crippen MR) is 112 cm³/mol. The van der Waals surface area contributed by atoms with Crippen molar-refractivity contribution in [2.45, 2.75) is 38.0 Å². The number of ether oxygens (including phenoxy) is 1. The van der Waals surface area contributed by atoms with Crippen molar-refractivity contribution >= 4 is 38.9 Å². The lowest BCUT2D eigenvalue weighted by Gasteiger charge is -2.18.